The van der Waals surface area contributed by atoms with Crippen molar-refractivity contribution < 1.29 is 49.4 Å². The Bertz CT molecular complexity index is 1320. The molecule has 0 spiro atoms. The first-order valence-corrected chi connectivity index (χ1v) is 15.0. The summed E-state index contributed by atoms with van der Waals surface area (Å²) in [7, 11) is 0. The number of aliphatic hydroxyl groups excluding tert-OH is 4. The molecule has 12 nitrogen and oxygen atoms in total. The minimum absolute atomic E-state index is 0.0615. The summed E-state index contributed by atoms with van der Waals surface area (Å²) in [6.07, 6.45) is -1.67. The van der Waals surface area contributed by atoms with Crippen molar-refractivity contribution in [3.8, 4) is 18.1 Å². The van der Waals surface area contributed by atoms with Gasteiger partial charge in [-0.05, 0) is 35.4 Å². The normalized spacial score (nSPS) is 22.7. The number of carbonyl (C=O) groups excluding carboxylic acids is 2. The summed E-state index contributed by atoms with van der Waals surface area (Å²) in [6, 6.07) is 12.1. The van der Waals surface area contributed by atoms with E-state index in [9.17, 15) is 39.9 Å². The predicted octanol–water partition coefficient (Wildman–Crippen LogP) is 0.464. The first-order chi connectivity index (χ1) is 21.0. The van der Waals surface area contributed by atoms with Gasteiger partial charge in [-0.1, -0.05) is 35.9 Å². The van der Waals surface area contributed by atoms with Crippen molar-refractivity contribution >= 4 is 41.1 Å². The lowest BCUT2D eigenvalue weighted by Crippen LogP contribution is -2.67. The van der Waals surface area contributed by atoms with Crippen molar-refractivity contribution in [1.82, 2.24) is 10.6 Å². The van der Waals surface area contributed by atoms with Crippen LogP contribution in [0, 0.1) is 12.3 Å². The summed E-state index contributed by atoms with van der Waals surface area (Å²) in [5, 5.41) is 57.5. The Balaban J connectivity index is 1.73. The third-order valence-corrected chi connectivity index (χ3v) is 8.39. The van der Waals surface area contributed by atoms with Gasteiger partial charge in [-0.25, -0.2) is 4.79 Å². The molecule has 6 atom stereocenters. The summed E-state index contributed by atoms with van der Waals surface area (Å²) in [4.78, 5) is 34.9. The summed E-state index contributed by atoms with van der Waals surface area (Å²) < 4.78 is 11.4. The lowest BCUT2D eigenvalue weighted by atomic mass is 9.89. The summed E-state index contributed by atoms with van der Waals surface area (Å²) in [6.45, 7) is -1.07. The second-order valence-electron chi connectivity index (χ2n) is 10.1. The van der Waals surface area contributed by atoms with E-state index in [1.165, 1.54) is 0 Å². The highest BCUT2D eigenvalue weighted by Gasteiger charge is 2.55. The van der Waals surface area contributed by atoms with E-state index in [2.05, 4.69) is 16.6 Å². The number of ether oxygens (including phenoxy) is 2. The number of carbonyl (C=O) groups is 3. The molecule has 3 rings (SSSR count). The van der Waals surface area contributed by atoms with Crippen LogP contribution in [-0.2, 0) is 31.3 Å². The van der Waals surface area contributed by atoms with Gasteiger partial charge in [0.1, 0.15) is 24.6 Å². The van der Waals surface area contributed by atoms with Crippen LogP contribution in [0.25, 0.3) is 0 Å². The van der Waals surface area contributed by atoms with Crippen LogP contribution >= 0.6 is 23.4 Å². The molecule has 14 heteroatoms. The minimum atomic E-state index is -2.09. The number of hydrogen-bond acceptors (Lipinski definition) is 10. The van der Waals surface area contributed by atoms with Gasteiger partial charge >= 0.3 is 5.97 Å². The number of amides is 2. The summed E-state index contributed by atoms with van der Waals surface area (Å²) in [5.41, 5.74) is 1.32. The SMILES string of the molecule is C#CCCOc1ccc(CS[C@]2(C(=O)O)C[C@H](O)[C@@H](NC(=O)CO)[C@H]([C@H](O)[C@H](O)CNC(=O)Cc3cccc(Cl)c3)O2)cc1. The van der Waals surface area contributed by atoms with Crippen molar-refractivity contribution in [1.29, 1.82) is 0 Å². The zero-order valence-electron chi connectivity index (χ0n) is 23.6. The lowest BCUT2D eigenvalue weighted by molar-refractivity contribution is -0.203. The fourth-order valence-electron chi connectivity index (χ4n) is 4.51. The highest BCUT2D eigenvalue weighted by molar-refractivity contribution is 8.00. The molecule has 0 unspecified atom stereocenters. The van der Waals surface area contributed by atoms with Crippen molar-refractivity contribution in [2.24, 2.45) is 0 Å². The van der Waals surface area contributed by atoms with Crippen molar-refractivity contribution in [2.75, 3.05) is 19.8 Å². The molecule has 0 bridgehead atoms. The Kier molecular flexibility index (Phi) is 13.3. The van der Waals surface area contributed by atoms with Crippen LogP contribution < -0.4 is 15.4 Å². The van der Waals surface area contributed by atoms with E-state index in [1.54, 1.807) is 48.5 Å². The molecule has 1 heterocycles. The Hall–Kier alpha value is -3.35. The monoisotopic (exact) mass is 650 g/mol. The van der Waals surface area contributed by atoms with Gasteiger partial charge in [0.25, 0.3) is 0 Å². The van der Waals surface area contributed by atoms with Crippen LogP contribution in [0.4, 0.5) is 0 Å². The maximum atomic E-state index is 12.5. The quantitative estimate of drug-likeness (QED) is 0.105. The Labute approximate surface area is 263 Å². The fourth-order valence-corrected chi connectivity index (χ4v) is 5.91. The molecule has 0 saturated carbocycles. The molecule has 1 aliphatic heterocycles. The topological polar surface area (TPSA) is 195 Å². The van der Waals surface area contributed by atoms with Crippen molar-refractivity contribution in [2.45, 2.75) is 60.4 Å². The van der Waals surface area contributed by atoms with E-state index < -0.39 is 72.7 Å². The van der Waals surface area contributed by atoms with Gasteiger partial charge in [-0.15, -0.1) is 24.1 Å². The number of thioether (sulfide) groups is 1. The molecule has 1 saturated heterocycles. The molecule has 2 amide bonds. The molecule has 0 aliphatic carbocycles. The van der Waals surface area contributed by atoms with E-state index >= 15 is 0 Å². The molecule has 7 N–H and O–H groups in total. The number of nitrogens with one attached hydrogen (secondary N) is 2. The zero-order chi connectivity index (χ0) is 32.3. The van der Waals surface area contributed by atoms with Crippen LogP contribution in [0.2, 0.25) is 5.02 Å². The van der Waals surface area contributed by atoms with Gasteiger partial charge in [0.15, 0.2) is 0 Å². The Morgan fingerprint density at radius 1 is 1.16 bits per heavy atom. The first-order valence-electron chi connectivity index (χ1n) is 13.6. The third-order valence-electron chi connectivity index (χ3n) is 6.77. The number of hydrogen-bond donors (Lipinski definition) is 7. The van der Waals surface area contributed by atoms with E-state index in [-0.39, 0.29) is 12.2 Å². The largest absolute Gasteiger partial charge is 0.493 e. The van der Waals surface area contributed by atoms with E-state index in [0.29, 0.717) is 34.9 Å². The molecule has 0 radical (unpaired) electrons. The van der Waals surface area contributed by atoms with Gasteiger partial charge in [-0.2, -0.15) is 0 Å². The number of benzene rings is 2. The molecule has 1 aliphatic rings. The standard InChI is InChI=1S/C30H35ClN2O10S/c1-2-3-11-42-21-9-7-18(8-10-21)17-44-30(29(40)41)14-22(35)26(33-25(38)16-34)28(43-30)27(39)23(36)15-32-24(37)13-19-5-4-6-20(31)12-19/h1,4-10,12,22-23,26-28,34-36,39H,3,11,13-17H2,(H,32,37)(H,33,38)(H,40,41)/t22-,23+,26+,27+,28+,30-/m0/s1. The van der Waals surface area contributed by atoms with E-state index in [4.69, 9.17) is 27.5 Å². The number of carboxylic acid groups (broad SMARTS) is 1. The number of aliphatic hydroxyl groups is 4. The van der Waals surface area contributed by atoms with Crippen molar-refractivity contribution in [3.63, 3.8) is 0 Å². The molecule has 2 aromatic rings. The fraction of sp³-hybridized carbons (Fsp3) is 0.433. The molecule has 44 heavy (non-hydrogen) atoms. The lowest BCUT2D eigenvalue weighted by Gasteiger charge is -2.46. The van der Waals surface area contributed by atoms with Crippen LogP contribution in [-0.4, -0.2) is 98.5 Å². The number of terminal acetylenes is 1. The van der Waals surface area contributed by atoms with Gasteiger partial charge in [0, 0.05) is 30.2 Å². The summed E-state index contributed by atoms with van der Waals surface area (Å²) in [5.74, 6) is 0.298. The van der Waals surface area contributed by atoms with Crippen LogP contribution in [0.5, 0.6) is 5.75 Å². The molecule has 0 aromatic heterocycles. The van der Waals surface area contributed by atoms with Gasteiger partial charge in [0.05, 0.1) is 31.3 Å². The molecular weight excluding hydrogens is 616 g/mol. The molecule has 1 fully saturated rings. The van der Waals surface area contributed by atoms with Gasteiger partial charge in [0.2, 0.25) is 16.7 Å². The van der Waals surface area contributed by atoms with Gasteiger partial charge in [-0.3, -0.25) is 9.59 Å². The predicted molar refractivity (Wildman–Crippen MR) is 162 cm³/mol. The number of halogens is 1. The van der Waals surface area contributed by atoms with Gasteiger partial charge < -0.3 is 45.6 Å². The third kappa shape index (κ3) is 9.83. The highest BCUT2D eigenvalue weighted by Crippen LogP contribution is 2.42. The summed E-state index contributed by atoms with van der Waals surface area (Å²) >= 11 is 6.78. The van der Waals surface area contributed by atoms with Crippen molar-refractivity contribution in [3.05, 3.63) is 64.7 Å². The minimum Gasteiger partial charge on any atom is -0.493 e. The number of rotatable bonds is 15. The van der Waals surface area contributed by atoms with Crippen LogP contribution in [0.15, 0.2) is 48.5 Å². The molecule has 238 valence electrons. The van der Waals surface area contributed by atoms with Crippen LogP contribution in [0.1, 0.15) is 24.0 Å². The highest BCUT2D eigenvalue weighted by atomic mass is 35.5. The second-order valence-corrected chi connectivity index (χ2v) is 11.7. The maximum absolute atomic E-state index is 12.5. The van der Waals surface area contributed by atoms with Crippen LogP contribution in [0.3, 0.4) is 0 Å². The Morgan fingerprint density at radius 2 is 1.89 bits per heavy atom. The average Bonchev–Trinajstić information content (AvgIpc) is 3.00. The number of aliphatic carboxylic acids is 1. The molecular formula is C30H35ClN2O10S. The van der Waals surface area contributed by atoms with E-state index in [0.717, 1.165) is 11.8 Å². The number of carboxylic acids is 1. The molecule has 2 aromatic carbocycles. The first kappa shape index (κ1) is 35.1. The maximum Gasteiger partial charge on any atom is 0.346 e. The van der Waals surface area contributed by atoms with E-state index in [1.807, 2.05) is 0 Å². The second kappa shape index (κ2) is 16.6. The average molecular weight is 651 g/mol. The smallest absolute Gasteiger partial charge is 0.346 e. The zero-order valence-corrected chi connectivity index (χ0v) is 25.2. The Morgan fingerprint density at radius 3 is 2.52 bits per heavy atom.